The number of sulfone groups is 1. The number of rotatable bonds is 7. The van der Waals surface area contributed by atoms with E-state index in [1.807, 2.05) is 29.2 Å². The van der Waals surface area contributed by atoms with Gasteiger partial charge in [-0.05, 0) is 43.4 Å². The number of alkyl halides is 3. The van der Waals surface area contributed by atoms with E-state index in [4.69, 9.17) is 0 Å². The molecular formula is C26H30F3N5O3S2. The lowest BCUT2D eigenvalue weighted by Crippen LogP contribution is -2.42. The Bertz CT molecular complexity index is 1350. The molecule has 2 saturated carbocycles. The second-order valence-corrected chi connectivity index (χ2v) is 13.9. The minimum absolute atomic E-state index is 0.0974. The van der Waals surface area contributed by atoms with Crippen LogP contribution in [0.15, 0.2) is 24.3 Å². The first-order valence-corrected chi connectivity index (χ1v) is 15.7. The largest absolute Gasteiger partial charge is 0.405 e. The highest BCUT2D eigenvalue weighted by atomic mass is 32.2. The number of carbonyl (C=O) groups is 1. The van der Waals surface area contributed by atoms with Crippen molar-refractivity contribution in [2.75, 3.05) is 41.4 Å². The van der Waals surface area contributed by atoms with Crippen LogP contribution in [-0.4, -0.2) is 62.2 Å². The maximum atomic E-state index is 13.3. The van der Waals surface area contributed by atoms with Gasteiger partial charge < -0.3 is 15.5 Å². The lowest BCUT2D eigenvalue weighted by atomic mass is 9.76. The number of halogens is 3. The van der Waals surface area contributed by atoms with E-state index in [-0.39, 0.29) is 28.5 Å². The predicted octanol–water partition coefficient (Wildman–Crippen LogP) is 4.47. The smallest absolute Gasteiger partial charge is 0.369 e. The van der Waals surface area contributed by atoms with E-state index < -0.39 is 34.0 Å². The van der Waals surface area contributed by atoms with Crippen LogP contribution in [0.3, 0.4) is 0 Å². The number of nitrogens with zero attached hydrogens (tertiary/aromatic N) is 3. The molecule has 2 atom stereocenters. The molecule has 0 radical (unpaired) electrons. The number of amides is 1. The molecule has 2 unspecified atom stereocenters. The molecule has 13 heteroatoms. The highest BCUT2D eigenvalue weighted by Gasteiger charge is 2.47. The van der Waals surface area contributed by atoms with E-state index >= 15 is 0 Å². The Kier molecular flexibility index (Phi) is 7.54. The number of carbonyl (C=O) groups excluding carboxylic acids is 1. The summed E-state index contributed by atoms with van der Waals surface area (Å²) in [5.74, 6) is -0.707. The van der Waals surface area contributed by atoms with Gasteiger partial charge in [0.05, 0.1) is 28.1 Å². The average molecular weight is 582 g/mol. The van der Waals surface area contributed by atoms with Gasteiger partial charge in [0.25, 0.3) is 0 Å². The van der Waals surface area contributed by atoms with Gasteiger partial charge >= 0.3 is 6.18 Å². The van der Waals surface area contributed by atoms with Crippen molar-refractivity contribution < 1.29 is 26.4 Å². The molecule has 1 amide bonds. The maximum absolute atomic E-state index is 13.3. The molecule has 1 aliphatic heterocycles. The molecule has 5 rings (SSSR count). The Morgan fingerprint density at radius 1 is 1.15 bits per heavy atom. The Morgan fingerprint density at radius 2 is 1.82 bits per heavy atom. The van der Waals surface area contributed by atoms with Gasteiger partial charge in [0.15, 0.2) is 15.0 Å². The molecule has 2 N–H and O–H groups in total. The molecule has 3 aliphatic rings. The number of anilines is 2. The quantitative estimate of drug-likeness (QED) is 0.496. The van der Waals surface area contributed by atoms with Crippen molar-refractivity contribution in [1.29, 1.82) is 5.26 Å². The van der Waals surface area contributed by atoms with Crippen LogP contribution in [0.25, 0.3) is 10.4 Å². The number of nitrogens with one attached hydrogen (secondary N) is 2. The first-order valence-electron chi connectivity index (χ1n) is 13.1. The second kappa shape index (κ2) is 10.6. The molecule has 8 nitrogen and oxygen atoms in total. The molecule has 3 fully saturated rings. The van der Waals surface area contributed by atoms with E-state index in [9.17, 15) is 31.6 Å². The summed E-state index contributed by atoms with van der Waals surface area (Å²) in [6, 6.07) is 9.69. The van der Waals surface area contributed by atoms with Gasteiger partial charge in [0, 0.05) is 30.6 Å². The molecule has 1 aromatic heterocycles. The molecule has 1 aromatic carbocycles. The average Bonchev–Trinajstić information content (AvgIpc) is 3.55. The van der Waals surface area contributed by atoms with Gasteiger partial charge in [-0.1, -0.05) is 36.3 Å². The van der Waals surface area contributed by atoms with Crippen LogP contribution in [0.4, 0.5) is 24.0 Å². The standard InChI is InChI=1S/C26H30F3N5O3S2/c27-26(28,29)16-31-24-32-21(19-3-1-2-4-20(19)23(35)33-25(15-30)9-10-25)22(38-24)17-5-7-18(8-6-17)34-11-13-39(36,37)14-12-34/h5-8,19-20H,1-4,9-14,16H2,(H,31,32)(H,33,35). The SMILES string of the molecule is N#CC1(NC(=O)C2CCCCC2c2nc(NCC(F)(F)F)sc2-c2ccc(N3CCS(=O)(=O)CC3)cc2)CC1. The van der Waals surface area contributed by atoms with Crippen molar-refractivity contribution in [3.05, 3.63) is 30.0 Å². The van der Waals surface area contributed by atoms with Crippen LogP contribution < -0.4 is 15.5 Å². The number of thiazole rings is 1. The summed E-state index contributed by atoms with van der Waals surface area (Å²) in [5.41, 5.74) is 1.45. The first kappa shape index (κ1) is 27.7. The lowest BCUT2D eigenvalue weighted by molar-refractivity contribution is -0.127. The van der Waals surface area contributed by atoms with E-state index in [1.165, 1.54) is 0 Å². The van der Waals surface area contributed by atoms with Gasteiger partial charge in [0.2, 0.25) is 5.91 Å². The summed E-state index contributed by atoms with van der Waals surface area (Å²) < 4.78 is 62.4. The van der Waals surface area contributed by atoms with Crippen molar-refractivity contribution >= 4 is 37.9 Å². The van der Waals surface area contributed by atoms with Crippen molar-refractivity contribution in [3.63, 3.8) is 0 Å². The van der Waals surface area contributed by atoms with E-state index in [2.05, 4.69) is 21.7 Å². The third-order valence-electron chi connectivity index (χ3n) is 7.71. The van der Waals surface area contributed by atoms with Crippen LogP contribution >= 0.6 is 11.3 Å². The van der Waals surface area contributed by atoms with Gasteiger partial charge in [0.1, 0.15) is 12.1 Å². The fraction of sp³-hybridized carbons (Fsp3) is 0.577. The van der Waals surface area contributed by atoms with Crippen LogP contribution in [0.2, 0.25) is 0 Å². The normalized spacial score (nSPS) is 24.0. The minimum atomic E-state index is -4.40. The van der Waals surface area contributed by atoms with E-state index in [0.717, 1.165) is 35.4 Å². The van der Waals surface area contributed by atoms with Gasteiger partial charge in [-0.2, -0.15) is 18.4 Å². The number of aromatic nitrogens is 1. The lowest BCUT2D eigenvalue weighted by Gasteiger charge is -2.31. The Labute approximate surface area is 229 Å². The van der Waals surface area contributed by atoms with Gasteiger partial charge in [-0.3, -0.25) is 4.79 Å². The second-order valence-electron chi connectivity index (χ2n) is 10.6. The summed E-state index contributed by atoms with van der Waals surface area (Å²) in [4.78, 5) is 20.6. The first-order chi connectivity index (χ1) is 18.5. The Balaban J connectivity index is 1.43. The summed E-state index contributed by atoms with van der Waals surface area (Å²) in [7, 11) is -3.01. The molecule has 0 bridgehead atoms. The van der Waals surface area contributed by atoms with Crippen LogP contribution in [0, 0.1) is 17.2 Å². The molecule has 2 aromatic rings. The van der Waals surface area contributed by atoms with Crippen LogP contribution in [-0.2, 0) is 14.6 Å². The molecule has 0 spiro atoms. The zero-order chi connectivity index (χ0) is 27.8. The van der Waals surface area contributed by atoms with Crippen LogP contribution in [0.1, 0.15) is 50.1 Å². The maximum Gasteiger partial charge on any atom is 0.405 e. The highest BCUT2D eigenvalue weighted by Crippen LogP contribution is 2.46. The number of benzene rings is 1. The zero-order valence-corrected chi connectivity index (χ0v) is 22.9. The topological polar surface area (TPSA) is 115 Å². The van der Waals surface area contributed by atoms with Crippen molar-refractivity contribution in [3.8, 4) is 16.5 Å². The Hall–Kier alpha value is -2.85. The summed E-state index contributed by atoms with van der Waals surface area (Å²) in [6.45, 7) is -0.403. The molecule has 2 aliphatic carbocycles. The molecule has 1 saturated heterocycles. The predicted molar refractivity (Wildman–Crippen MR) is 143 cm³/mol. The van der Waals surface area contributed by atoms with E-state index in [0.29, 0.717) is 49.3 Å². The number of nitriles is 1. The van der Waals surface area contributed by atoms with Crippen LogP contribution in [0.5, 0.6) is 0 Å². The third-order valence-corrected chi connectivity index (χ3v) is 10.4. The van der Waals surface area contributed by atoms with Crippen molar-refractivity contribution in [2.45, 2.75) is 56.2 Å². The van der Waals surface area contributed by atoms with E-state index in [1.54, 1.807) is 0 Å². The fourth-order valence-corrected chi connectivity index (χ4v) is 7.56. The number of hydrogen-bond acceptors (Lipinski definition) is 8. The third kappa shape index (κ3) is 6.49. The van der Waals surface area contributed by atoms with Crippen molar-refractivity contribution in [2.24, 2.45) is 5.92 Å². The highest BCUT2D eigenvalue weighted by molar-refractivity contribution is 7.91. The summed E-state index contributed by atoms with van der Waals surface area (Å²) in [5, 5.41) is 14.9. The van der Waals surface area contributed by atoms with Gasteiger partial charge in [-0.15, -0.1) is 0 Å². The Morgan fingerprint density at radius 3 is 2.44 bits per heavy atom. The molecule has 39 heavy (non-hydrogen) atoms. The summed E-state index contributed by atoms with van der Waals surface area (Å²) in [6.07, 6.45) is -0.141. The summed E-state index contributed by atoms with van der Waals surface area (Å²) >= 11 is 1.13. The fourth-order valence-electron chi connectivity index (χ4n) is 5.33. The van der Waals surface area contributed by atoms with Gasteiger partial charge in [-0.25, -0.2) is 13.4 Å². The monoisotopic (exact) mass is 581 g/mol. The minimum Gasteiger partial charge on any atom is -0.369 e. The molecule has 2 heterocycles. The van der Waals surface area contributed by atoms with Crippen molar-refractivity contribution in [1.82, 2.24) is 10.3 Å². The molecular weight excluding hydrogens is 551 g/mol. The number of hydrogen-bond donors (Lipinski definition) is 2. The zero-order valence-electron chi connectivity index (χ0n) is 21.3. The molecule has 210 valence electrons.